The first kappa shape index (κ1) is 15.7. The van der Waals surface area contributed by atoms with Crippen molar-refractivity contribution in [3.63, 3.8) is 0 Å². The van der Waals surface area contributed by atoms with Gasteiger partial charge in [-0.15, -0.1) is 0 Å². The van der Waals surface area contributed by atoms with Gasteiger partial charge < -0.3 is 5.11 Å². The molecule has 0 aliphatic heterocycles. The minimum Gasteiger partial charge on any atom is -0.400 e. The molecule has 0 saturated carbocycles. The molecule has 0 heterocycles. The normalized spacial score (nSPS) is 6.00. The van der Waals surface area contributed by atoms with E-state index in [2.05, 4.69) is 19.6 Å². The Morgan fingerprint density at radius 3 is 1.00 bits per heavy atom. The van der Waals surface area contributed by atoms with Gasteiger partial charge in [-0.3, -0.25) is 0 Å². The molecule has 0 spiro atoms. The van der Waals surface area contributed by atoms with Crippen molar-refractivity contribution in [3.8, 4) is 0 Å². The van der Waals surface area contributed by atoms with E-state index < -0.39 is 0 Å². The number of aliphatic hydroxyl groups is 1. The Hall–Kier alpha value is 1.28. The monoisotopic (exact) mass is 194 g/mol. The van der Waals surface area contributed by atoms with Crippen LogP contribution in [0.3, 0.4) is 0 Å². The predicted molar refractivity (Wildman–Crippen MR) is 31.5 cm³/mol. The molecule has 0 aliphatic rings. The summed E-state index contributed by atoms with van der Waals surface area (Å²) in [6, 6.07) is 0. The molecule has 3 heteroatoms. The van der Waals surface area contributed by atoms with Crippen molar-refractivity contribution in [2.75, 3.05) is 7.11 Å². The van der Waals surface area contributed by atoms with Crippen LogP contribution in [-0.4, -0.2) is 21.0 Å². The van der Waals surface area contributed by atoms with Crippen molar-refractivity contribution >= 4 is 8.80 Å². The summed E-state index contributed by atoms with van der Waals surface area (Å²) in [4.78, 5) is 0. The SMILES string of the molecule is CO.C[Si](C)C.[Y]. The fourth-order valence-electron chi connectivity index (χ4n) is 0. The molecule has 0 aromatic rings. The molecule has 0 aromatic carbocycles. The fourth-order valence-corrected chi connectivity index (χ4v) is 0. The molecule has 0 rings (SSSR count). The Morgan fingerprint density at radius 1 is 1.00 bits per heavy atom. The van der Waals surface area contributed by atoms with Gasteiger partial charge in [-0.2, -0.15) is 0 Å². The van der Waals surface area contributed by atoms with Crippen molar-refractivity contribution in [1.29, 1.82) is 0 Å². The van der Waals surface area contributed by atoms with Crippen LogP contribution in [0.15, 0.2) is 0 Å². The van der Waals surface area contributed by atoms with E-state index in [9.17, 15) is 0 Å². The Morgan fingerprint density at radius 2 is 1.00 bits per heavy atom. The number of rotatable bonds is 0. The molecule has 0 unspecified atom stereocenters. The van der Waals surface area contributed by atoms with Crippen LogP contribution in [0.2, 0.25) is 19.6 Å². The van der Waals surface area contributed by atoms with E-state index in [0.29, 0.717) is 0 Å². The molecule has 0 fully saturated rings. The van der Waals surface area contributed by atoms with Gasteiger partial charge in [0.2, 0.25) is 0 Å². The van der Waals surface area contributed by atoms with Crippen LogP contribution >= 0.6 is 0 Å². The van der Waals surface area contributed by atoms with E-state index in [-0.39, 0.29) is 41.5 Å². The summed E-state index contributed by atoms with van der Waals surface area (Å²) in [5.41, 5.74) is 0. The van der Waals surface area contributed by atoms with E-state index in [1.807, 2.05) is 0 Å². The second-order valence-corrected chi connectivity index (χ2v) is 4.50. The summed E-state index contributed by atoms with van der Waals surface area (Å²) < 4.78 is 0. The maximum atomic E-state index is 7.00. The minimum atomic E-state index is 0. The van der Waals surface area contributed by atoms with Crippen molar-refractivity contribution in [1.82, 2.24) is 0 Å². The molecule has 42 valence electrons. The zero-order valence-corrected chi connectivity index (χ0v) is 9.36. The van der Waals surface area contributed by atoms with Crippen molar-refractivity contribution in [2.24, 2.45) is 0 Å². The average molecular weight is 194 g/mol. The standard InChI is InChI=1S/C3H9Si.CH4O.Y/c1-4(2)3;1-2;/h1-3H3;2H,1H3;. The zero-order chi connectivity index (χ0) is 5.58. The molecule has 2 radical (unpaired) electrons. The van der Waals surface area contributed by atoms with Crippen molar-refractivity contribution < 1.29 is 37.8 Å². The second kappa shape index (κ2) is 15.7. The van der Waals surface area contributed by atoms with Gasteiger partial charge in [0.05, 0.1) is 0 Å². The van der Waals surface area contributed by atoms with Crippen LogP contribution in [-0.2, 0) is 32.7 Å². The molecule has 7 heavy (non-hydrogen) atoms. The third kappa shape index (κ3) is 124. The first-order valence-electron chi connectivity index (χ1n) is 1.95. The average Bonchev–Trinajstić information content (AvgIpc) is 1.41. The molecule has 1 N–H and O–H groups in total. The maximum Gasteiger partial charge on any atom is 0.0379 e. The summed E-state index contributed by atoms with van der Waals surface area (Å²) >= 11 is 0. The van der Waals surface area contributed by atoms with Crippen LogP contribution in [0.1, 0.15) is 0 Å². The van der Waals surface area contributed by atoms with E-state index in [1.54, 1.807) is 0 Å². The van der Waals surface area contributed by atoms with Gasteiger partial charge in [0.25, 0.3) is 0 Å². The summed E-state index contributed by atoms with van der Waals surface area (Å²) in [6.07, 6.45) is 0. The van der Waals surface area contributed by atoms with Gasteiger partial charge >= 0.3 is 0 Å². The molecular weight excluding hydrogens is 181 g/mol. The molecule has 0 aliphatic carbocycles. The Kier molecular flexibility index (Phi) is 35.2. The third-order valence-corrected chi connectivity index (χ3v) is 0. The number of hydrogen-bond acceptors (Lipinski definition) is 1. The second-order valence-electron chi connectivity index (χ2n) is 1.50. The molecule has 1 nitrogen and oxygen atoms in total. The van der Waals surface area contributed by atoms with Gasteiger partial charge in [-0.1, -0.05) is 19.6 Å². The van der Waals surface area contributed by atoms with Crippen LogP contribution in [0.25, 0.3) is 0 Å². The molecular formula is C4H13OSiY. The van der Waals surface area contributed by atoms with Gasteiger partial charge in [0, 0.05) is 48.6 Å². The summed E-state index contributed by atoms with van der Waals surface area (Å²) in [5.74, 6) is 0. The van der Waals surface area contributed by atoms with E-state index in [1.165, 1.54) is 0 Å². The minimum absolute atomic E-state index is 0. The smallest absolute Gasteiger partial charge is 0.0379 e. The molecule has 0 saturated heterocycles. The summed E-state index contributed by atoms with van der Waals surface area (Å²) in [6.45, 7) is 6.81. The summed E-state index contributed by atoms with van der Waals surface area (Å²) in [5, 5.41) is 7.00. The Bertz CT molecular complexity index is 16.4. The predicted octanol–water partition coefficient (Wildman–Crippen LogP) is 0.977. The van der Waals surface area contributed by atoms with Crippen molar-refractivity contribution in [3.05, 3.63) is 0 Å². The molecule has 0 atom stereocenters. The molecule has 0 aromatic heterocycles. The topological polar surface area (TPSA) is 20.2 Å². The van der Waals surface area contributed by atoms with Crippen LogP contribution in [0.5, 0.6) is 0 Å². The largest absolute Gasteiger partial charge is 0.400 e. The van der Waals surface area contributed by atoms with Crippen LogP contribution < -0.4 is 0 Å². The van der Waals surface area contributed by atoms with E-state index in [4.69, 9.17) is 5.11 Å². The van der Waals surface area contributed by atoms with E-state index >= 15 is 0 Å². The zero-order valence-electron chi connectivity index (χ0n) is 5.52. The van der Waals surface area contributed by atoms with Crippen LogP contribution in [0.4, 0.5) is 0 Å². The van der Waals surface area contributed by atoms with Gasteiger partial charge in [-0.25, -0.2) is 0 Å². The maximum absolute atomic E-state index is 7.00. The summed E-state index contributed by atoms with van der Waals surface area (Å²) in [7, 11) is 1.12. The number of hydrogen-bond donors (Lipinski definition) is 1. The Labute approximate surface area is 73.0 Å². The molecule has 0 bridgehead atoms. The molecule has 0 amide bonds. The Balaban J connectivity index is -0.0000000480. The van der Waals surface area contributed by atoms with Gasteiger partial charge in [0.1, 0.15) is 0 Å². The first-order valence-corrected chi connectivity index (χ1v) is 4.95. The van der Waals surface area contributed by atoms with Crippen molar-refractivity contribution in [2.45, 2.75) is 19.6 Å². The first-order chi connectivity index (χ1) is 2.73. The number of aliphatic hydroxyl groups excluding tert-OH is 1. The quantitative estimate of drug-likeness (QED) is 0.570. The third-order valence-electron chi connectivity index (χ3n) is 0. The van der Waals surface area contributed by atoms with E-state index in [0.717, 1.165) is 7.11 Å². The van der Waals surface area contributed by atoms with Crippen LogP contribution in [0, 0.1) is 0 Å². The fraction of sp³-hybridized carbons (Fsp3) is 1.00. The van der Waals surface area contributed by atoms with Gasteiger partial charge in [-0.05, 0) is 0 Å². The van der Waals surface area contributed by atoms with Gasteiger partial charge in [0.15, 0.2) is 0 Å².